The first-order valence-corrected chi connectivity index (χ1v) is 30.3. The van der Waals surface area contributed by atoms with E-state index in [2.05, 4.69) is 34.6 Å². The Morgan fingerprint density at radius 1 is 0.313 bits per heavy atom. The van der Waals surface area contributed by atoms with Gasteiger partial charge in [-0.3, -0.25) is 14.4 Å². The molecule has 0 aromatic carbocycles. The second kappa shape index (κ2) is 53.8. The Labute approximate surface area is 418 Å². The maximum Gasteiger partial charge on any atom is 0.306 e. The van der Waals surface area contributed by atoms with Crippen LogP contribution >= 0.6 is 0 Å². The molecule has 2 atom stereocenters. The predicted octanol–water partition coefficient (Wildman–Crippen LogP) is 20.0. The third-order valence-corrected chi connectivity index (χ3v) is 14.3. The van der Waals surface area contributed by atoms with Crippen LogP contribution in [0.1, 0.15) is 343 Å². The molecule has 0 N–H and O–H groups in total. The normalized spacial score (nSPS) is 12.4. The van der Waals surface area contributed by atoms with Gasteiger partial charge in [-0.15, -0.1) is 0 Å². The van der Waals surface area contributed by atoms with Gasteiger partial charge in [-0.05, 0) is 31.1 Å². The van der Waals surface area contributed by atoms with Gasteiger partial charge in [0.25, 0.3) is 0 Å². The van der Waals surface area contributed by atoms with Gasteiger partial charge in [-0.2, -0.15) is 0 Å². The van der Waals surface area contributed by atoms with Crippen molar-refractivity contribution in [1.29, 1.82) is 0 Å². The third kappa shape index (κ3) is 53.6. The molecule has 6 nitrogen and oxygen atoms in total. The van der Waals surface area contributed by atoms with Crippen LogP contribution < -0.4 is 0 Å². The molecule has 0 radical (unpaired) electrons. The third-order valence-electron chi connectivity index (χ3n) is 14.3. The maximum atomic E-state index is 12.9. The second-order valence-electron chi connectivity index (χ2n) is 21.7. The monoisotopic (exact) mass is 947 g/mol. The van der Waals surface area contributed by atoms with E-state index in [1.165, 1.54) is 231 Å². The maximum absolute atomic E-state index is 12.9. The Balaban J connectivity index is 4.26. The number of unbranched alkanes of at least 4 members (excludes halogenated alkanes) is 39. The van der Waals surface area contributed by atoms with Gasteiger partial charge in [-0.25, -0.2) is 0 Å². The fourth-order valence-corrected chi connectivity index (χ4v) is 9.37. The van der Waals surface area contributed by atoms with Crippen molar-refractivity contribution >= 4 is 17.9 Å². The van der Waals surface area contributed by atoms with E-state index in [1.807, 2.05) is 0 Å². The molecule has 0 fully saturated rings. The van der Waals surface area contributed by atoms with E-state index in [0.717, 1.165) is 69.6 Å². The van der Waals surface area contributed by atoms with Gasteiger partial charge in [0.05, 0.1) is 0 Å². The lowest BCUT2D eigenvalue weighted by Gasteiger charge is -2.18. The Kier molecular flexibility index (Phi) is 52.5. The van der Waals surface area contributed by atoms with Crippen LogP contribution in [0.3, 0.4) is 0 Å². The molecule has 0 aliphatic carbocycles. The van der Waals surface area contributed by atoms with Gasteiger partial charge in [0.1, 0.15) is 13.2 Å². The summed E-state index contributed by atoms with van der Waals surface area (Å²) in [7, 11) is 0. The molecule has 67 heavy (non-hydrogen) atoms. The number of hydrogen-bond donors (Lipinski definition) is 0. The molecule has 0 amide bonds. The molecule has 0 saturated heterocycles. The molecule has 1 unspecified atom stereocenters. The summed E-state index contributed by atoms with van der Waals surface area (Å²) in [5.41, 5.74) is 0. The lowest BCUT2D eigenvalue weighted by Crippen LogP contribution is -2.30. The Morgan fingerprint density at radius 3 is 0.851 bits per heavy atom. The molecular weight excluding hydrogens is 829 g/mol. The highest BCUT2D eigenvalue weighted by molar-refractivity contribution is 5.71. The number of esters is 3. The van der Waals surface area contributed by atoms with Crippen molar-refractivity contribution in [3.8, 4) is 0 Å². The summed E-state index contributed by atoms with van der Waals surface area (Å²) < 4.78 is 16.9. The van der Waals surface area contributed by atoms with Crippen molar-refractivity contribution in [2.24, 2.45) is 11.8 Å². The quantitative estimate of drug-likeness (QED) is 0.0343. The Hall–Kier alpha value is -1.59. The van der Waals surface area contributed by atoms with Crippen molar-refractivity contribution < 1.29 is 28.6 Å². The summed E-state index contributed by atoms with van der Waals surface area (Å²) in [6.45, 7) is 11.5. The second-order valence-corrected chi connectivity index (χ2v) is 21.7. The Bertz CT molecular complexity index is 1030. The Morgan fingerprint density at radius 2 is 0.567 bits per heavy atom. The molecule has 0 aromatic rings. The van der Waals surface area contributed by atoms with Gasteiger partial charge in [-0.1, -0.05) is 304 Å². The van der Waals surface area contributed by atoms with Gasteiger partial charge in [0, 0.05) is 19.3 Å². The highest BCUT2D eigenvalue weighted by Gasteiger charge is 2.19. The van der Waals surface area contributed by atoms with Crippen molar-refractivity contribution in [1.82, 2.24) is 0 Å². The first-order valence-electron chi connectivity index (χ1n) is 30.3. The van der Waals surface area contributed by atoms with Crippen LogP contribution in [0.25, 0.3) is 0 Å². The van der Waals surface area contributed by atoms with E-state index >= 15 is 0 Å². The molecular formula is C61H118O6. The van der Waals surface area contributed by atoms with E-state index < -0.39 is 6.10 Å². The van der Waals surface area contributed by atoms with E-state index in [-0.39, 0.29) is 31.1 Å². The van der Waals surface area contributed by atoms with Crippen molar-refractivity contribution in [3.63, 3.8) is 0 Å². The van der Waals surface area contributed by atoms with Crippen LogP contribution in [-0.2, 0) is 28.6 Å². The number of carbonyl (C=O) groups excluding carboxylic acids is 3. The van der Waals surface area contributed by atoms with Crippen molar-refractivity contribution in [2.75, 3.05) is 13.2 Å². The smallest absolute Gasteiger partial charge is 0.306 e. The van der Waals surface area contributed by atoms with Crippen molar-refractivity contribution in [2.45, 2.75) is 349 Å². The molecule has 0 aliphatic heterocycles. The van der Waals surface area contributed by atoms with E-state index in [4.69, 9.17) is 14.2 Å². The molecule has 0 spiro atoms. The molecule has 0 rings (SSSR count). The van der Waals surface area contributed by atoms with Crippen LogP contribution in [0.15, 0.2) is 0 Å². The first-order chi connectivity index (χ1) is 32.8. The largest absolute Gasteiger partial charge is 0.462 e. The van der Waals surface area contributed by atoms with E-state index in [9.17, 15) is 14.4 Å². The van der Waals surface area contributed by atoms with Crippen LogP contribution in [0, 0.1) is 11.8 Å². The minimum absolute atomic E-state index is 0.0622. The van der Waals surface area contributed by atoms with E-state index in [0.29, 0.717) is 19.3 Å². The molecule has 0 heterocycles. The lowest BCUT2D eigenvalue weighted by molar-refractivity contribution is -0.167. The lowest BCUT2D eigenvalue weighted by atomic mass is 9.99. The minimum Gasteiger partial charge on any atom is -0.462 e. The summed E-state index contributed by atoms with van der Waals surface area (Å²) >= 11 is 0. The summed E-state index contributed by atoms with van der Waals surface area (Å²) in [4.78, 5) is 38.2. The zero-order chi connectivity index (χ0) is 48.9. The number of hydrogen-bond acceptors (Lipinski definition) is 6. The molecule has 0 bridgehead atoms. The zero-order valence-corrected chi connectivity index (χ0v) is 46.0. The summed E-state index contributed by atoms with van der Waals surface area (Å²) in [5.74, 6) is 0.912. The summed E-state index contributed by atoms with van der Waals surface area (Å²) in [6, 6.07) is 0. The molecule has 0 aliphatic rings. The molecule has 6 heteroatoms. The zero-order valence-electron chi connectivity index (χ0n) is 46.0. The highest BCUT2D eigenvalue weighted by atomic mass is 16.6. The molecule has 398 valence electrons. The number of carbonyl (C=O) groups is 3. The van der Waals surface area contributed by atoms with Crippen LogP contribution in [0.2, 0.25) is 0 Å². The topological polar surface area (TPSA) is 78.9 Å². The van der Waals surface area contributed by atoms with Gasteiger partial charge in [0.2, 0.25) is 0 Å². The fraction of sp³-hybridized carbons (Fsp3) is 0.951. The van der Waals surface area contributed by atoms with Crippen LogP contribution in [-0.4, -0.2) is 37.2 Å². The SMILES string of the molecule is CCCCCCCCCCCCCCC(=O)OC[C@H](COC(=O)CCCCCCCCCCCCCCCCCCC(C)C)OC(=O)CCCCCCCCCCCCCCCCC(C)CC. The molecule has 0 aromatic heterocycles. The fourth-order valence-electron chi connectivity index (χ4n) is 9.37. The average molecular weight is 948 g/mol. The summed E-state index contributed by atoms with van der Waals surface area (Å²) in [5, 5.41) is 0. The number of ether oxygens (including phenoxy) is 3. The van der Waals surface area contributed by atoms with Crippen molar-refractivity contribution in [3.05, 3.63) is 0 Å². The molecule has 0 saturated carbocycles. The standard InChI is InChI=1S/C61H118O6/c1-6-8-9-10-11-12-13-26-31-36-41-46-51-59(62)65-54-58(67-61(64)53-48-43-38-33-28-23-19-18-21-25-30-35-40-45-50-57(5)7-2)55-66-60(63)52-47-42-37-32-27-22-17-15-14-16-20-24-29-34-39-44-49-56(3)4/h56-58H,6-55H2,1-5H3/t57?,58-/m1/s1. The predicted molar refractivity (Wildman–Crippen MR) is 289 cm³/mol. The van der Waals surface area contributed by atoms with Crippen LogP contribution in [0.4, 0.5) is 0 Å². The number of rotatable bonds is 55. The van der Waals surface area contributed by atoms with Crippen LogP contribution in [0.5, 0.6) is 0 Å². The van der Waals surface area contributed by atoms with Gasteiger partial charge >= 0.3 is 17.9 Å². The minimum atomic E-state index is -0.763. The first kappa shape index (κ1) is 65.4. The van der Waals surface area contributed by atoms with Gasteiger partial charge < -0.3 is 14.2 Å². The summed E-state index contributed by atoms with van der Waals surface area (Å²) in [6.07, 6.45) is 58.0. The van der Waals surface area contributed by atoms with E-state index in [1.54, 1.807) is 0 Å². The van der Waals surface area contributed by atoms with Gasteiger partial charge in [0.15, 0.2) is 6.10 Å². The average Bonchev–Trinajstić information content (AvgIpc) is 3.31. The highest BCUT2D eigenvalue weighted by Crippen LogP contribution is 2.19.